The van der Waals surface area contributed by atoms with Crippen molar-refractivity contribution < 1.29 is 9.53 Å². The number of aryl methyl sites for hydroxylation is 1. The van der Waals surface area contributed by atoms with Crippen molar-refractivity contribution in [1.29, 1.82) is 0 Å². The van der Waals surface area contributed by atoms with Gasteiger partial charge in [-0.1, -0.05) is 42.0 Å². The molecule has 2 aromatic carbocycles. The molecule has 0 radical (unpaired) electrons. The van der Waals surface area contributed by atoms with Gasteiger partial charge in [0.2, 0.25) is 5.91 Å². The smallest absolute Gasteiger partial charge is 0.231 e. The molecule has 1 atom stereocenters. The maximum Gasteiger partial charge on any atom is 0.231 e. The number of thioether (sulfide) groups is 1. The highest BCUT2D eigenvalue weighted by atomic mass is 32.2. The van der Waals surface area contributed by atoms with Crippen LogP contribution in [0, 0.1) is 6.92 Å². The van der Waals surface area contributed by atoms with Crippen LogP contribution in [0.3, 0.4) is 0 Å². The molecule has 0 saturated heterocycles. The van der Waals surface area contributed by atoms with Crippen LogP contribution in [-0.2, 0) is 4.79 Å². The fourth-order valence-electron chi connectivity index (χ4n) is 2.58. The van der Waals surface area contributed by atoms with E-state index in [4.69, 9.17) is 4.74 Å². The number of carbonyl (C=O) groups excluding carboxylic acids is 1. The third-order valence-electron chi connectivity index (χ3n) is 3.95. The molecule has 1 amide bonds. The van der Waals surface area contributed by atoms with E-state index in [1.165, 1.54) is 17.3 Å². The van der Waals surface area contributed by atoms with Crippen LogP contribution in [0.4, 0.5) is 0 Å². The Morgan fingerprint density at radius 1 is 1.15 bits per heavy atom. The minimum Gasteiger partial charge on any atom is -0.497 e. The topological polar surface area (TPSA) is 38.3 Å². The van der Waals surface area contributed by atoms with E-state index in [2.05, 4.69) is 42.6 Å². The van der Waals surface area contributed by atoms with Crippen molar-refractivity contribution in [3.8, 4) is 5.75 Å². The van der Waals surface area contributed by atoms with Gasteiger partial charge in [-0.05, 0) is 42.1 Å². The van der Waals surface area contributed by atoms with Gasteiger partial charge in [0.25, 0.3) is 0 Å². The first kappa shape index (κ1) is 18.5. The molecule has 0 bridgehead atoms. The number of hydrogen-bond donors (Lipinski definition) is 1. The maximum absolute atomic E-state index is 12.6. The quantitative estimate of drug-likeness (QED) is 0.579. The highest BCUT2D eigenvalue weighted by Gasteiger charge is 2.18. The number of amides is 1. The molecule has 0 aliphatic carbocycles. The number of rotatable bonds is 7. The monoisotopic (exact) mass is 383 g/mol. The van der Waals surface area contributed by atoms with Crippen LogP contribution in [0.2, 0.25) is 0 Å². The predicted octanol–water partition coefficient (Wildman–Crippen LogP) is 5.06. The Bertz CT molecular complexity index is 845. The number of nitrogens with one attached hydrogen (secondary N) is 1. The molecule has 26 heavy (non-hydrogen) atoms. The lowest BCUT2D eigenvalue weighted by molar-refractivity contribution is -0.119. The van der Waals surface area contributed by atoms with Crippen LogP contribution in [-0.4, -0.2) is 18.8 Å². The second kappa shape index (κ2) is 8.92. The fourth-order valence-corrected chi connectivity index (χ4v) is 4.13. The van der Waals surface area contributed by atoms with Crippen LogP contribution >= 0.6 is 23.1 Å². The molecule has 1 unspecified atom stereocenters. The van der Waals surface area contributed by atoms with E-state index in [0.717, 1.165) is 21.1 Å². The van der Waals surface area contributed by atoms with Crippen molar-refractivity contribution in [2.24, 2.45) is 0 Å². The average Bonchev–Trinajstić information content (AvgIpc) is 3.20. The number of benzene rings is 2. The van der Waals surface area contributed by atoms with Crippen molar-refractivity contribution in [2.45, 2.75) is 17.9 Å². The molecule has 0 aliphatic rings. The average molecular weight is 384 g/mol. The molecule has 0 saturated carbocycles. The minimum absolute atomic E-state index is 0.0109. The van der Waals surface area contributed by atoms with Gasteiger partial charge in [0.1, 0.15) is 5.75 Å². The second-order valence-electron chi connectivity index (χ2n) is 5.89. The van der Waals surface area contributed by atoms with Gasteiger partial charge in [0.05, 0.1) is 18.9 Å². The largest absolute Gasteiger partial charge is 0.497 e. The van der Waals surface area contributed by atoms with E-state index in [0.29, 0.717) is 5.75 Å². The Morgan fingerprint density at radius 2 is 1.96 bits per heavy atom. The van der Waals surface area contributed by atoms with Crippen LogP contribution in [0.5, 0.6) is 5.75 Å². The molecular formula is C21H21NO2S2. The summed E-state index contributed by atoms with van der Waals surface area (Å²) < 4.78 is 5.23. The van der Waals surface area contributed by atoms with Gasteiger partial charge in [-0.2, -0.15) is 0 Å². The van der Waals surface area contributed by atoms with Gasteiger partial charge in [-0.3, -0.25) is 4.79 Å². The van der Waals surface area contributed by atoms with Gasteiger partial charge in [0, 0.05) is 9.77 Å². The van der Waals surface area contributed by atoms with E-state index in [-0.39, 0.29) is 11.9 Å². The summed E-state index contributed by atoms with van der Waals surface area (Å²) in [6.07, 6.45) is 0. The number of carbonyl (C=O) groups is 1. The Kier molecular flexibility index (Phi) is 6.36. The van der Waals surface area contributed by atoms with E-state index < -0.39 is 0 Å². The summed E-state index contributed by atoms with van der Waals surface area (Å²) >= 11 is 3.16. The lowest BCUT2D eigenvalue weighted by Gasteiger charge is -2.18. The Hall–Kier alpha value is -2.24. The van der Waals surface area contributed by atoms with Crippen LogP contribution in [0.15, 0.2) is 70.9 Å². The van der Waals surface area contributed by atoms with Crippen LogP contribution in [0.1, 0.15) is 22.0 Å². The first-order valence-corrected chi connectivity index (χ1v) is 10.2. The SMILES string of the molecule is COc1cccc(SCC(=O)NC(c2ccc(C)cc2)c2cccs2)c1. The zero-order valence-electron chi connectivity index (χ0n) is 14.8. The molecule has 3 nitrogen and oxygen atoms in total. The first-order chi connectivity index (χ1) is 12.7. The van der Waals surface area contributed by atoms with E-state index in [9.17, 15) is 4.79 Å². The predicted molar refractivity (Wildman–Crippen MR) is 109 cm³/mol. The van der Waals surface area contributed by atoms with Gasteiger partial charge < -0.3 is 10.1 Å². The third kappa shape index (κ3) is 4.90. The molecule has 0 fully saturated rings. The molecule has 3 rings (SSSR count). The Labute approximate surface area is 162 Å². The molecule has 1 heterocycles. The normalized spacial score (nSPS) is 11.8. The summed E-state index contributed by atoms with van der Waals surface area (Å²) in [7, 11) is 1.64. The summed E-state index contributed by atoms with van der Waals surface area (Å²) in [5, 5.41) is 5.21. The number of ether oxygens (including phenoxy) is 1. The second-order valence-corrected chi connectivity index (χ2v) is 7.92. The molecule has 1 N–H and O–H groups in total. The van der Waals surface area contributed by atoms with Crippen molar-refractivity contribution in [1.82, 2.24) is 5.32 Å². The first-order valence-electron chi connectivity index (χ1n) is 8.32. The zero-order valence-corrected chi connectivity index (χ0v) is 16.4. The lowest BCUT2D eigenvalue weighted by Crippen LogP contribution is -2.30. The molecule has 0 spiro atoms. The highest BCUT2D eigenvalue weighted by Crippen LogP contribution is 2.27. The van der Waals surface area contributed by atoms with Gasteiger partial charge in [0.15, 0.2) is 0 Å². The fraction of sp³-hybridized carbons (Fsp3) is 0.190. The summed E-state index contributed by atoms with van der Waals surface area (Å²) in [6.45, 7) is 2.06. The molecule has 134 valence electrons. The van der Waals surface area contributed by atoms with Crippen molar-refractivity contribution >= 4 is 29.0 Å². The summed E-state index contributed by atoms with van der Waals surface area (Å²) in [4.78, 5) is 14.7. The molecule has 0 aliphatic heterocycles. The van der Waals surface area contributed by atoms with Crippen molar-refractivity contribution in [2.75, 3.05) is 12.9 Å². The van der Waals surface area contributed by atoms with Crippen LogP contribution < -0.4 is 10.1 Å². The van der Waals surface area contributed by atoms with E-state index >= 15 is 0 Å². The Morgan fingerprint density at radius 3 is 2.65 bits per heavy atom. The Balaban J connectivity index is 1.68. The van der Waals surface area contributed by atoms with E-state index in [1.54, 1.807) is 18.4 Å². The maximum atomic E-state index is 12.6. The number of thiophene rings is 1. The number of methoxy groups -OCH3 is 1. The lowest BCUT2D eigenvalue weighted by atomic mass is 10.0. The van der Waals surface area contributed by atoms with Gasteiger partial charge >= 0.3 is 0 Å². The third-order valence-corrected chi connectivity index (χ3v) is 5.89. The molecule has 3 aromatic rings. The minimum atomic E-state index is -0.117. The summed E-state index contributed by atoms with van der Waals surface area (Å²) in [6, 6.07) is 20.0. The van der Waals surface area contributed by atoms with E-state index in [1.807, 2.05) is 35.7 Å². The summed E-state index contributed by atoms with van der Waals surface area (Å²) in [5.74, 6) is 1.17. The standard InChI is InChI=1S/C21H21NO2S2/c1-15-8-10-16(11-9-15)21(19-7-4-12-25-19)22-20(23)14-26-18-6-3-5-17(13-18)24-2/h3-13,21H,14H2,1-2H3,(H,22,23). The highest BCUT2D eigenvalue weighted by molar-refractivity contribution is 8.00. The van der Waals surface area contributed by atoms with Crippen molar-refractivity contribution in [3.05, 3.63) is 82.0 Å². The van der Waals surface area contributed by atoms with Crippen LogP contribution in [0.25, 0.3) is 0 Å². The zero-order chi connectivity index (χ0) is 18.4. The van der Waals surface area contributed by atoms with Gasteiger partial charge in [-0.25, -0.2) is 0 Å². The number of hydrogen-bond acceptors (Lipinski definition) is 4. The molecule has 5 heteroatoms. The molecule has 1 aromatic heterocycles. The molecular weight excluding hydrogens is 362 g/mol. The van der Waals surface area contributed by atoms with Crippen molar-refractivity contribution in [3.63, 3.8) is 0 Å². The van der Waals surface area contributed by atoms with Gasteiger partial charge in [-0.15, -0.1) is 23.1 Å². The summed E-state index contributed by atoms with van der Waals surface area (Å²) in [5.41, 5.74) is 2.30.